The van der Waals surface area contributed by atoms with Crippen molar-refractivity contribution in [3.05, 3.63) is 64.7 Å². The van der Waals surface area contributed by atoms with E-state index in [-0.39, 0.29) is 17.7 Å². The smallest absolute Gasteiger partial charge is 0.251 e. The average molecular weight is 450 g/mol. The van der Waals surface area contributed by atoms with Gasteiger partial charge in [0, 0.05) is 36.8 Å². The minimum Gasteiger partial charge on any atom is -0.352 e. The van der Waals surface area contributed by atoms with Gasteiger partial charge in [-0.1, -0.05) is 57.4 Å². The van der Waals surface area contributed by atoms with Crippen molar-refractivity contribution >= 4 is 17.5 Å². The van der Waals surface area contributed by atoms with E-state index in [2.05, 4.69) is 29.7 Å². The molecule has 2 aromatic rings. The molecular weight excluding hydrogens is 410 g/mol. The van der Waals surface area contributed by atoms with Crippen LogP contribution in [-0.4, -0.2) is 31.4 Å². The fraction of sp³-hybridized carbons (Fsp3) is 0.500. The molecule has 2 N–H and O–H groups in total. The predicted molar refractivity (Wildman–Crippen MR) is 136 cm³/mol. The van der Waals surface area contributed by atoms with E-state index < -0.39 is 0 Å². The molecule has 0 fully saturated rings. The Morgan fingerprint density at radius 2 is 1.79 bits per heavy atom. The van der Waals surface area contributed by atoms with Crippen LogP contribution in [0.25, 0.3) is 0 Å². The van der Waals surface area contributed by atoms with Crippen LogP contribution in [0.5, 0.6) is 0 Å². The molecule has 0 aromatic heterocycles. The van der Waals surface area contributed by atoms with Gasteiger partial charge in [-0.2, -0.15) is 0 Å². The van der Waals surface area contributed by atoms with Crippen LogP contribution in [0, 0.1) is 12.8 Å². The van der Waals surface area contributed by atoms with Gasteiger partial charge in [0.15, 0.2) is 0 Å². The summed E-state index contributed by atoms with van der Waals surface area (Å²) in [5, 5.41) is 6.58. The quantitative estimate of drug-likeness (QED) is 0.674. The number of benzene rings is 2. The highest BCUT2D eigenvalue weighted by Gasteiger charge is 2.22. The number of anilines is 1. The van der Waals surface area contributed by atoms with Crippen molar-refractivity contribution in [2.75, 3.05) is 24.5 Å². The van der Waals surface area contributed by atoms with Gasteiger partial charge < -0.3 is 15.5 Å². The number of carbonyl (C=O) groups excluding carboxylic acids is 2. The van der Waals surface area contributed by atoms with Crippen molar-refractivity contribution in [2.24, 2.45) is 5.92 Å². The number of carbonyl (C=O) groups is 2. The largest absolute Gasteiger partial charge is 0.352 e. The number of nitrogens with zero attached hydrogens (tertiary/aromatic N) is 1. The van der Waals surface area contributed by atoms with E-state index in [9.17, 15) is 9.59 Å². The number of fused-ring (bicyclic) bond motifs is 1. The number of hydrogen-bond acceptors (Lipinski definition) is 3. The summed E-state index contributed by atoms with van der Waals surface area (Å²) in [6.45, 7) is 8.92. The van der Waals surface area contributed by atoms with Crippen LogP contribution in [0.1, 0.15) is 73.0 Å². The van der Waals surface area contributed by atoms with Crippen molar-refractivity contribution in [1.29, 1.82) is 0 Å². The second kappa shape index (κ2) is 12.5. The van der Waals surface area contributed by atoms with Crippen molar-refractivity contribution in [3.8, 4) is 0 Å². The lowest BCUT2D eigenvalue weighted by atomic mass is 10.0. The van der Waals surface area contributed by atoms with Gasteiger partial charge in [-0.3, -0.25) is 9.59 Å². The zero-order valence-corrected chi connectivity index (χ0v) is 20.5. The first kappa shape index (κ1) is 25.0. The van der Waals surface area contributed by atoms with Crippen LogP contribution in [0.3, 0.4) is 0 Å². The van der Waals surface area contributed by atoms with Crippen molar-refractivity contribution in [1.82, 2.24) is 10.6 Å². The van der Waals surface area contributed by atoms with Gasteiger partial charge in [0.2, 0.25) is 5.91 Å². The van der Waals surface area contributed by atoms with Gasteiger partial charge in [0.1, 0.15) is 0 Å². The lowest BCUT2D eigenvalue weighted by molar-refractivity contribution is -0.121. The summed E-state index contributed by atoms with van der Waals surface area (Å²) < 4.78 is 0. The Morgan fingerprint density at radius 3 is 2.58 bits per heavy atom. The summed E-state index contributed by atoms with van der Waals surface area (Å²) in [5.41, 5.74) is 5.08. The molecule has 0 unspecified atom stereocenters. The van der Waals surface area contributed by atoms with E-state index in [1.54, 1.807) is 0 Å². The Bertz CT molecular complexity index is 938. The topological polar surface area (TPSA) is 61.4 Å². The molecule has 1 heterocycles. The van der Waals surface area contributed by atoms with Gasteiger partial charge in [0.05, 0.1) is 0 Å². The Balaban J connectivity index is 1.77. The molecule has 1 aliphatic rings. The Hall–Kier alpha value is -2.66. The number of rotatable bonds is 5. The molecule has 1 aliphatic heterocycles. The molecule has 2 amide bonds. The highest BCUT2D eigenvalue weighted by molar-refractivity contribution is 5.98. The Kier molecular flexibility index (Phi) is 9.49. The van der Waals surface area contributed by atoms with Crippen LogP contribution < -0.4 is 15.5 Å². The van der Waals surface area contributed by atoms with Crippen LogP contribution in [-0.2, 0) is 17.8 Å². The molecule has 0 radical (unpaired) electrons. The normalized spacial score (nSPS) is 15.3. The van der Waals surface area contributed by atoms with Crippen LogP contribution in [0.2, 0.25) is 0 Å². The molecule has 5 heteroatoms. The molecule has 0 saturated carbocycles. The van der Waals surface area contributed by atoms with Crippen LogP contribution in [0.4, 0.5) is 5.69 Å². The molecule has 0 aliphatic carbocycles. The van der Waals surface area contributed by atoms with E-state index in [4.69, 9.17) is 0 Å². The van der Waals surface area contributed by atoms with Crippen LogP contribution in [0.15, 0.2) is 42.5 Å². The SMILES string of the molecule is Cc1ccccc1CCNC(=O)c1ccc2c(c1)CNCCCCCCCN2C(=O)C(C)C. The highest BCUT2D eigenvalue weighted by atomic mass is 16.2. The van der Waals surface area contributed by atoms with E-state index >= 15 is 0 Å². The van der Waals surface area contributed by atoms with Gasteiger partial charge in [-0.25, -0.2) is 0 Å². The molecule has 2 aromatic carbocycles. The minimum atomic E-state index is -0.0702. The fourth-order valence-corrected chi connectivity index (χ4v) is 4.37. The second-order valence-corrected chi connectivity index (χ2v) is 9.36. The summed E-state index contributed by atoms with van der Waals surface area (Å²) in [7, 11) is 0. The van der Waals surface area contributed by atoms with Gasteiger partial charge in [0.25, 0.3) is 5.91 Å². The summed E-state index contributed by atoms with van der Waals surface area (Å²) in [6, 6.07) is 14.0. The first-order valence-corrected chi connectivity index (χ1v) is 12.4. The molecule has 0 spiro atoms. The van der Waals surface area contributed by atoms with Crippen molar-refractivity contribution in [2.45, 2.75) is 65.8 Å². The molecule has 5 nitrogen and oxygen atoms in total. The second-order valence-electron chi connectivity index (χ2n) is 9.36. The van der Waals surface area contributed by atoms with E-state index in [1.165, 1.54) is 24.0 Å². The Labute approximate surface area is 199 Å². The number of amides is 2. The third kappa shape index (κ3) is 7.16. The fourth-order valence-electron chi connectivity index (χ4n) is 4.37. The lowest BCUT2D eigenvalue weighted by Gasteiger charge is -2.28. The summed E-state index contributed by atoms with van der Waals surface area (Å²) in [4.78, 5) is 27.9. The minimum absolute atomic E-state index is 0.0665. The monoisotopic (exact) mass is 449 g/mol. The van der Waals surface area contributed by atoms with Crippen molar-refractivity contribution in [3.63, 3.8) is 0 Å². The number of hydrogen-bond donors (Lipinski definition) is 2. The zero-order valence-electron chi connectivity index (χ0n) is 20.5. The van der Waals surface area contributed by atoms with E-state index in [1.807, 2.05) is 49.1 Å². The maximum Gasteiger partial charge on any atom is 0.251 e. The maximum absolute atomic E-state index is 13.0. The molecule has 33 heavy (non-hydrogen) atoms. The highest BCUT2D eigenvalue weighted by Crippen LogP contribution is 2.25. The van der Waals surface area contributed by atoms with Crippen molar-refractivity contribution < 1.29 is 9.59 Å². The third-order valence-electron chi connectivity index (χ3n) is 6.38. The van der Waals surface area contributed by atoms with Crippen LogP contribution >= 0.6 is 0 Å². The predicted octanol–water partition coefficient (Wildman–Crippen LogP) is 5.01. The first-order chi connectivity index (χ1) is 16.0. The maximum atomic E-state index is 13.0. The molecule has 0 bridgehead atoms. The standard InChI is InChI=1S/C28H39N3O2/c1-21(2)28(33)31-18-10-6-4-5-9-16-29-20-25-19-24(13-14-26(25)31)27(32)30-17-15-23-12-8-7-11-22(23)3/h7-8,11-14,19,21,29H,4-6,9-10,15-18,20H2,1-3H3,(H,30,32). The molecule has 0 atom stereocenters. The van der Waals surface area contributed by atoms with Gasteiger partial charge in [-0.05, 0) is 67.6 Å². The molecule has 0 saturated heterocycles. The van der Waals surface area contributed by atoms with E-state index in [0.717, 1.165) is 50.0 Å². The number of aryl methyl sites for hydroxylation is 1. The molecule has 178 valence electrons. The molecule has 3 rings (SSSR count). The third-order valence-corrected chi connectivity index (χ3v) is 6.38. The van der Waals surface area contributed by atoms with E-state index in [0.29, 0.717) is 18.7 Å². The zero-order chi connectivity index (χ0) is 23.6. The summed E-state index contributed by atoms with van der Waals surface area (Å²) in [5.74, 6) is 0.00566. The van der Waals surface area contributed by atoms with Gasteiger partial charge in [-0.15, -0.1) is 0 Å². The first-order valence-electron chi connectivity index (χ1n) is 12.4. The average Bonchev–Trinajstić information content (AvgIpc) is 2.80. The number of nitrogens with one attached hydrogen (secondary N) is 2. The summed E-state index contributed by atoms with van der Waals surface area (Å²) in [6.07, 6.45) is 6.52. The van der Waals surface area contributed by atoms with Gasteiger partial charge >= 0.3 is 0 Å². The molecular formula is C28H39N3O2. The lowest BCUT2D eigenvalue weighted by Crippen LogP contribution is -2.36. The Morgan fingerprint density at radius 1 is 1.03 bits per heavy atom. The summed E-state index contributed by atoms with van der Waals surface area (Å²) >= 11 is 0.